The molecule has 3 heteroatoms. The Morgan fingerprint density at radius 1 is 1.26 bits per heavy atom. The normalized spacial score (nSPS) is 28.9. The molecule has 3 nitrogen and oxygen atoms in total. The highest BCUT2D eigenvalue weighted by Gasteiger charge is 2.38. The molecule has 0 fully saturated rings. The van der Waals surface area contributed by atoms with Crippen LogP contribution < -0.4 is 0 Å². The van der Waals surface area contributed by atoms with Gasteiger partial charge in [0.2, 0.25) is 0 Å². The lowest BCUT2D eigenvalue weighted by Crippen LogP contribution is -2.40. The van der Waals surface area contributed by atoms with Crippen LogP contribution in [0.3, 0.4) is 0 Å². The van der Waals surface area contributed by atoms with E-state index in [9.17, 15) is 9.90 Å². The van der Waals surface area contributed by atoms with Gasteiger partial charge < -0.3 is 9.84 Å². The number of carbonyl (C=O) groups excluding carboxylic acids is 1. The molecule has 5 atom stereocenters. The molecule has 0 radical (unpaired) electrons. The maximum atomic E-state index is 12.4. The zero-order valence-electron chi connectivity index (χ0n) is 13.1. The molecule has 0 aromatic carbocycles. The minimum absolute atomic E-state index is 0.0669. The van der Waals surface area contributed by atoms with Crippen LogP contribution in [0.4, 0.5) is 0 Å². The van der Waals surface area contributed by atoms with Gasteiger partial charge in [-0.2, -0.15) is 0 Å². The van der Waals surface area contributed by atoms with E-state index in [4.69, 9.17) is 4.74 Å². The molecule has 0 saturated heterocycles. The summed E-state index contributed by atoms with van der Waals surface area (Å²) in [6.07, 6.45) is 1.13. The Morgan fingerprint density at radius 3 is 2.32 bits per heavy atom. The van der Waals surface area contributed by atoms with Gasteiger partial charge in [-0.15, -0.1) is 0 Å². The van der Waals surface area contributed by atoms with E-state index < -0.39 is 6.10 Å². The van der Waals surface area contributed by atoms with Gasteiger partial charge >= 0.3 is 0 Å². The van der Waals surface area contributed by atoms with Gasteiger partial charge in [0.1, 0.15) is 11.9 Å². The van der Waals surface area contributed by atoms with Gasteiger partial charge in [-0.05, 0) is 19.3 Å². The van der Waals surface area contributed by atoms with Crippen molar-refractivity contribution in [1.82, 2.24) is 0 Å². The van der Waals surface area contributed by atoms with E-state index in [-0.39, 0.29) is 23.7 Å². The molecular weight excluding hydrogens is 240 g/mol. The standard InChI is InChI=1S/C16H28O3/c1-7-9(3)15-11(5)14(18)12(6)16(19-15)10(4)13(17)8-2/h9-11,13,15,17H,7-8H2,1-6H3/t9?,10?,11-,13?,15+/m0/s1. The highest BCUT2D eigenvalue weighted by molar-refractivity contribution is 5.98. The minimum atomic E-state index is -0.455. The molecule has 1 rings (SSSR count). The molecule has 110 valence electrons. The van der Waals surface area contributed by atoms with Crippen LogP contribution >= 0.6 is 0 Å². The van der Waals surface area contributed by atoms with Crippen LogP contribution in [0.2, 0.25) is 0 Å². The van der Waals surface area contributed by atoms with Crippen LogP contribution in [-0.4, -0.2) is 23.1 Å². The molecule has 0 saturated carbocycles. The van der Waals surface area contributed by atoms with Crippen LogP contribution in [0, 0.1) is 17.8 Å². The topological polar surface area (TPSA) is 46.5 Å². The number of ether oxygens (including phenoxy) is 1. The largest absolute Gasteiger partial charge is 0.493 e. The highest BCUT2D eigenvalue weighted by Crippen LogP contribution is 2.35. The number of aliphatic hydroxyl groups excluding tert-OH is 1. The van der Waals surface area contributed by atoms with E-state index in [2.05, 4.69) is 13.8 Å². The molecular formula is C16H28O3. The number of hydrogen-bond acceptors (Lipinski definition) is 3. The Morgan fingerprint density at radius 2 is 1.84 bits per heavy atom. The van der Waals surface area contributed by atoms with E-state index in [1.54, 1.807) is 0 Å². The van der Waals surface area contributed by atoms with Crippen LogP contribution in [-0.2, 0) is 9.53 Å². The van der Waals surface area contributed by atoms with Crippen molar-refractivity contribution in [3.63, 3.8) is 0 Å². The predicted molar refractivity (Wildman–Crippen MR) is 76.7 cm³/mol. The fraction of sp³-hybridized carbons (Fsp3) is 0.812. The summed E-state index contributed by atoms with van der Waals surface area (Å²) >= 11 is 0. The van der Waals surface area contributed by atoms with E-state index in [0.717, 1.165) is 6.42 Å². The second kappa shape index (κ2) is 6.56. The van der Waals surface area contributed by atoms with Crippen LogP contribution in [0.15, 0.2) is 11.3 Å². The molecule has 0 spiro atoms. The zero-order chi connectivity index (χ0) is 14.7. The molecule has 0 amide bonds. The van der Waals surface area contributed by atoms with Crippen LogP contribution in [0.5, 0.6) is 0 Å². The number of carbonyl (C=O) groups is 1. The summed E-state index contributed by atoms with van der Waals surface area (Å²) in [6, 6.07) is 0. The van der Waals surface area contributed by atoms with Crippen molar-refractivity contribution >= 4 is 5.78 Å². The zero-order valence-corrected chi connectivity index (χ0v) is 13.1. The maximum Gasteiger partial charge on any atom is 0.168 e. The molecule has 19 heavy (non-hydrogen) atoms. The first kappa shape index (κ1) is 16.2. The SMILES string of the molecule is CCC(O)C(C)C1=C(C)C(=O)[C@H](C)[C@@H](C(C)CC)O1. The summed E-state index contributed by atoms with van der Waals surface area (Å²) in [5, 5.41) is 10.0. The number of hydrogen-bond donors (Lipinski definition) is 1. The molecule has 1 N–H and O–H groups in total. The first-order chi connectivity index (χ1) is 8.84. The van der Waals surface area contributed by atoms with Gasteiger partial charge in [0.05, 0.1) is 12.0 Å². The average molecular weight is 268 g/mol. The Labute approximate surface area is 117 Å². The summed E-state index contributed by atoms with van der Waals surface area (Å²) in [5.74, 6) is 0.996. The van der Waals surface area contributed by atoms with E-state index >= 15 is 0 Å². The van der Waals surface area contributed by atoms with Crippen LogP contribution in [0.1, 0.15) is 54.4 Å². The monoisotopic (exact) mass is 268 g/mol. The van der Waals surface area contributed by atoms with E-state index in [1.807, 2.05) is 27.7 Å². The Kier molecular flexibility index (Phi) is 5.60. The molecule has 1 aliphatic rings. The summed E-state index contributed by atoms with van der Waals surface area (Å²) in [4.78, 5) is 12.4. The second-order valence-electron chi connectivity index (χ2n) is 5.87. The highest BCUT2D eigenvalue weighted by atomic mass is 16.5. The van der Waals surface area contributed by atoms with Crippen molar-refractivity contribution in [3.05, 3.63) is 11.3 Å². The molecule has 1 aliphatic heterocycles. The number of Topliss-reactive ketones (excluding diaryl/α,β-unsaturated/α-hetero) is 1. The van der Waals surface area contributed by atoms with Gasteiger partial charge in [-0.3, -0.25) is 4.79 Å². The predicted octanol–water partition coefficient (Wildman–Crippen LogP) is 3.32. The first-order valence-electron chi connectivity index (χ1n) is 7.44. The lowest BCUT2D eigenvalue weighted by molar-refractivity contribution is -0.128. The number of rotatable bonds is 5. The fourth-order valence-electron chi connectivity index (χ4n) is 2.77. The van der Waals surface area contributed by atoms with E-state index in [1.165, 1.54) is 0 Å². The maximum absolute atomic E-state index is 12.4. The van der Waals surface area contributed by atoms with Gasteiger partial charge in [0.15, 0.2) is 5.78 Å². The van der Waals surface area contributed by atoms with Gasteiger partial charge in [0, 0.05) is 11.5 Å². The third-order valence-corrected chi connectivity index (χ3v) is 4.52. The van der Waals surface area contributed by atoms with Crippen LogP contribution in [0.25, 0.3) is 0 Å². The second-order valence-corrected chi connectivity index (χ2v) is 5.87. The molecule has 0 bridgehead atoms. The number of ketones is 1. The Bertz CT molecular complexity index is 359. The van der Waals surface area contributed by atoms with Gasteiger partial charge in [-0.1, -0.05) is 41.0 Å². The summed E-state index contributed by atoms with van der Waals surface area (Å²) in [6.45, 7) is 11.9. The smallest absolute Gasteiger partial charge is 0.168 e. The van der Waals surface area contributed by atoms with Crippen molar-refractivity contribution in [2.45, 2.75) is 66.6 Å². The van der Waals surface area contributed by atoms with E-state index in [0.29, 0.717) is 23.7 Å². The lowest BCUT2D eigenvalue weighted by Gasteiger charge is -2.37. The summed E-state index contributed by atoms with van der Waals surface area (Å²) in [5.41, 5.74) is 0.687. The van der Waals surface area contributed by atoms with Gasteiger partial charge in [-0.25, -0.2) is 0 Å². The Balaban J connectivity index is 3.06. The first-order valence-corrected chi connectivity index (χ1v) is 7.44. The molecule has 0 aromatic heterocycles. The minimum Gasteiger partial charge on any atom is -0.493 e. The van der Waals surface area contributed by atoms with Crippen molar-refractivity contribution in [1.29, 1.82) is 0 Å². The quantitative estimate of drug-likeness (QED) is 0.832. The van der Waals surface area contributed by atoms with Gasteiger partial charge in [0.25, 0.3) is 0 Å². The molecule has 0 aliphatic carbocycles. The lowest BCUT2D eigenvalue weighted by atomic mass is 9.82. The Hall–Kier alpha value is -0.830. The van der Waals surface area contributed by atoms with Crippen molar-refractivity contribution in [2.75, 3.05) is 0 Å². The van der Waals surface area contributed by atoms with Crippen molar-refractivity contribution in [2.24, 2.45) is 17.8 Å². The number of aliphatic hydroxyl groups is 1. The average Bonchev–Trinajstić information content (AvgIpc) is 2.42. The molecule has 3 unspecified atom stereocenters. The summed E-state index contributed by atoms with van der Waals surface area (Å²) < 4.78 is 6.12. The third kappa shape index (κ3) is 3.19. The number of allylic oxidation sites excluding steroid dienone is 1. The molecule has 0 aromatic rings. The van der Waals surface area contributed by atoms with Crippen molar-refractivity contribution in [3.8, 4) is 0 Å². The fourth-order valence-corrected chi connectivity index (χ4v) is 2.77. The molecule has 1 heterocycles. The third-order valence-electron chi connectivity index (χ3n) is 4.52. The summed E-state index contributed by atoms with van der Waals surface area (Å²) in [7, 11) is 0. The van der Waals surface area contributed by atoms with Crippen molar-refractivity contribution < 1.29 is 14.6 Å².